The van der Waals surface area contributed by atoms with Crippen LogP contribution in [0, 0.1) is 11.3 Å². The summed E-state index contributed by atoms with van der Waals surface area (Å²) in [6, 6.07) is 1.95. The average molecular weight is 306 g/mol. The summed E-state index contributed by atoms with van der Waals surface area (Å²) in [6.07, 6.45) is 7.12. The molecular weight excluding hydrogens is 280 g/mol. The highest BCUT2D eigenvalue weighted by molar-refractivity contribution is 5.79. The first kappa shape index (κ1) is 15.5. The predicted molar refractivity (Wildman–Crippen MR) is 83.3 cm³/mol. The van der Waals surface area contributed by atoms with Crippen LogP contribution in [-0.4, -0.2) is 60.5 Å². The Balaban J connectivity index is 1.41. The van der Waals surface area contributed by atoms with Crippen LogP contribution < -0.4 is 5.32 Å². The molecule has 122 valence electrons. The number of nitrogens with zero attached hydrogens (tertiary/aromatic N) is 3. The number of likely N-dealkylation sites (tertiary alicyclic amines) is 1. The highest BCUT2D eigenvalue weighted by Gasteiger charge is 2.43. The molecule has 0 bridgehead atoms. The zero-order valence-corrected chi connectivity index (χ0v) is 13.3. The first-order chi connectivity index (χ1) is 10.7. The second kappa shape index (κ2) is 6.79. The molecule has 3 rings (SSSR count). The molecule has 6 nitrogen and oxygen atoms in total. The molecule has 1 aromatic heterocycles. The van der Waals surface area contributed by atoms with Crippen molar-refractivity contribution >= 4 is 5.91 Å². The Hall–Kier alpha value is -1.40. The summed E-state index contributed by atoms with van der Waals surface area (Å²) in [5.74, 6) is 0.351. The number of amides is 1. The van der Waals surface area contributed by atoms with Gasteiger partial charge in [0, 0.05) is 51.1 Å². The lowest BCUT2D eigenvalue weighted by molar-refractivity contribution is -0.124. The lowest BCUT2D eigenvalue weighted by atomic mass is 10.1. The van der Waals surface area contributed by atoms with Crippen molar-refractivity contribution in [2.75, 3.05) is 39.9 Å². The summed E-state index contributed by atoms with van der Waals surface area (Å²) in [5.41, 5.74) is 0.232. The maximum Gasteiger partial charge on any atom is 0.224 e. The minimum atomic E-state index is 0.136. The number of carbonyl (C=O) groups excluding carboxylic acids is 1. The Morgan fingerprint density at radius 1 is 1.50 bits per heavy atom. The van der Waals surface area contributed by atoms with Crippen molar-refractivity contribution in [3.05, 3.63) is 18.5 Å². The SMILES string of the molecule is COCCN1CCC(C(=O)NCC2(Cn3cccn3)CC2)C1. The molecule has 2 fully saturated rings. The van der Waals surface area contributed by atoms with Crippen molar-refractivity contribution in [3.63, 3.8) is 0 Å². The van der Waals surface area contributed by atoms with E-state index in [9.17, 15) is 4.79 Å². The molecular formula is C16H26N4O2. The standard InChI is InChI=1S/C16H26N4O2/c1-22-10-9-19-8-3-14(11-19)15(21)17-12-16(4-5-16)13-20-7-2-6-18-20/h2,6-7,14H,3-5,8-13H2,1H3,(H,17,21). The number of nitrogens with one attached hydrogen (secondary N) is 1. The predicted octanol–water partition coefficient (Wildman–Crippen LogP) is 0.748. The number of methoxy groups -OCH3 is 1. The summed E-state index contributed by atoms with van der Waals surface area (Å²) in [7, 11) is 1.72. The third kappa shape index (κ3) is 3.87. The van der Waals surface area contributed by atoms with E-state index in [1.807, 2.05) is 23.1 Å². The van der Waals surface area contributed by atoms with Gasteiger partial charge in [0.2, 0.25) is 5.91 Å². The molecule has 1 amide bonds. The van der Waals surface area contributed by atoms with E-state index in [0.29, 0.717) is 0 Å². The number of aromatic nitrogens is 2. The van der Waals surface area contributed by atoms with E-state index < -0.39 is 0 Å². The Morgan fingerprint density at radius 3 is 3.05 bits per heavy atom. The van der Waals surface area contributed by atoms with Crippen molar-refractivity contribution in [2.45, 2.75) is 25.8 Å². The summed E-state index contributed by atoms with van der Waals surface area (Å²) in [6.45, 7) is 5.21. The van der Waals surface area contributed by atoms with Crippen LogP contribution in [0.15, 0.2) is 18.5 Å². The monoisotopic (exact) mass is 306 g/mol. The quantitative estimate of drug-likeness (QED) is 0.770. The van der Waals surface area contributed by atoms with E-state index in [0.717, 1.165) is 45.8 Å². The van der Waals surface area contributed by atoms with E-state index in [4.69, 9.17) is 4.74 Å². The summed E-state index contributed by atoms with van der Waals surface area (Å²) in [4.78, 5) is 14.7. The van der Waals surface area contributed by atoms with Crippen LogP contribution in [0.5, 0.6) is 0 Å². The fourth-order valence-corrected chi connectivity index (χ4v) is 3.19. The maximum atomic E-state index is 12.4. The number of carbonyl (C=O) groups is 1. The molecule has 1 unspecified atom stereocenters. The number of hydrogen-bond acceptors (Lipinski definition) is 4. The number of ether oxygens (including phenoxy) is 1. The minimum absolute atomic E-state index is 0.136. The van der Waals surface area contributed by atoms with Gasteiger partial charge in [-0.3, -0.25) is 9.48 Å². The van der Waals surface area contributed by atoms with Crippen molar-refractivity contribution in [2.24, 2.45) is 11.3 Å². The van der Waals surface area contributed by atoms with Gasteiger partial charge in [0.25, 0.3) is 0 Å². The van der Waals surface area contributed by atoms with Crippen LogP contribution in [0.25, 0.3) is 0 Å². The van der Waals surface area contributed by atoms with Crippen molar-refractivity contribution in [1.82, 2.24) is 20.0 Å². The molecule has 0 radical (unpaired) electrons. The Morgan fingerprint density at radius 2 is 2.36 bits per heavy atom. The van der Waals surface area contributed by atoms with E-state index in [-0.39, 0.29) is 17.2 Å². The average Bonchev–Trinajstić information content (AvgIpc) is 2.94. The van der Waals surface area contributed by atoms with Gasteiger partial charge >= 0.3 is 0 Å². The largest absolute Gasteiger partial charge is 0.383 e. The number of hydrogen-bond donors (Lipinski definition) is 1. The Kier molecular flexibility index (Phi) is 4.78. The zero-order valence-electron chi connectivity index (χ0n) is 13.3. The van der Waals surface area contributed by atoms with Crippen LogP contribution >= 0.6 is 0 Å². The topological polar surface area (TPSA) is 59.4 Å². The molecule has 1 saturated carbocycles. The summed E-state index contributed by atoms with van der Waals surface area (Å²) >= 11 is 0. The molecule has 1 N–H and O–H groups in total. The molecule has 22 heavy (non-hydrogen) atoms. The smallest absolute Gasteiger partial charge is 0.224 e. The molecule has 2 aliphatic rings. The Bertz CT molecular complexity index is 484. The van der Waals surface area contributed by atoms with Gasteiger partial charge in [0.1, 0.15) is 0 Å². The fraction of sp³-hybridized carbons (Fsp3) is 0.750. The third-order valence-electron chi connectivity index (χ3n) is 4.91. The fourth-order valence-electron chi connectivity index (χ4n) is 3.19. The van der Waals surface area contributed by atoms with Crippen LogP contribution in [0.4, 0.5) is 0 Å². The minimum Gasteiger partial charge on any atom is -0.383 e. The Labute approximate surface area is 131 Å². The molecule has 0 aromatic carbocycles. The van der Waals surface area contributed by atoms with Gasteiger partial charge in [-0.15, -0.1) is 0 Å². The van der Waals surface area contributed by atoms with Crippen molar-refractivity contribution in [3.8, 4) is 0 Å². The second-order valence-corrected chi connectivity index (χ2v) is 6.70. The molecule has 1 aliphatic carbocycles. The van der Waals surface area contributed by atoms with E-state index in [2.05, 4.69) is 15.3 Å². The van der Waals surface area contributed by atoms with Crippen LogP contribution in [-0.2, 0) is 16.1 Å². The van der Waals surface area contributed by atoms with Crippen LogP contribution in [0.2, 0.25) is 0 Å². The molecule has 1 saturated heterocycles. The van der Waals surface area contributed by atoms with Gasteiger partial charge in [-0.2, -0.15) is 5.10 Å². The van der Waals surface area contributed by atoms with Gasteiger partial charge in [0.15, 0.2) is 0 Å². The normalized spacial score (nSPS) is 23.6. The van der Waals surface area contributed by atoms with E-state index in [1.54, 1.807) is 7.11 Å². The first-order valence-electron chi connectivity index (χ1n) is 8.17. The highest BCUT2D eigenvalue weighted by Crippen LogP contribution is 2.46. The first-order valence-corrected chi connectivity index (χ1v) is 8.17. The molecule has 1 aliphatic heterocycles. The van der Waals surface area contributed by atoms with Crippen molar-refractivity contribution in [1.29, 1.82) is 0 Å². The number of rotatable bonds is 8. The van der Waals surface area contributed by atoms with Gasteiger partial charge in [-0.05, 0) is 31.9 Å². The zero-order chi connectivity index (χ0) is 15.4. The van der Waals surface area contributed by atoms with E-state index in [1.165, 1.54) is 12.8 Å². The van der Waals surface area contributed by atoms with Crippen molar-refractivity contribution < 1.29 is 9.53 Å². The lowest BCUT2D eigenvalue weighted by Crippen LogP contribution is -2.37. The summed E-state index contributed by atoms with van der Waals surface area (Å²) in [5, 5.41) is 7.45. The third-order valence-corrected chi connectivity index (χ3v) is 4.91. The molecule has 0 spiro atoms. The molecule has 6 heteroatoms. The highest BCUT2D eigenvalue weighted by atomic mass is 16.5. The van der Waals surface area contributed by atoms with Gasteiger partial charge in [-0.1, -0.05) is 0 Å². The van der Waals surface area contributed by atoms with Crippen LogP contribution in [0.3, 0.4) is 0 Å². The van der Waals surface area contributed by atoms with Gasteiger partial charge < -0.3 is 15.0 Å². The van der Waals surface area contributed by atoms with Crippen LogP contribution in [0.1, 0.15) is 19.3 Å². The van der Waals surface area contributed by atoms with Gasteiger partial charge in [-0.25, -0.2) is 0 Å². The molecule has 1 atom stereocenters. The lowest BCUT2D eigenvalue weighted by Gasteiger charge is -2.18. The summed E-state index contributed by atoms with van der Waals surface area (Å²) < 4.78 is 7.07. The molecule has 2 heterocycles. The second-order valence-electron chi connectivity index (χ2n) is 6.70. The maximum absolute atomic E-state index is 12.4. The van der Waals surface area contributed by atoms with Gasteiger partial charge in [0.05, 0.1) is 12.5 Å². The van der Waals surface area contributed by atoms with E-state index >= 15 is 0 Å². The molecule has 1 aromatic rings.